The quantitative estimate of drug-likeness (QED) is 0.464. The van der Waals surface area contributed by atoms with Crippen LogP contribution in [0.2, 0.25) is 0 Å². The van der Waals surface area contributed by atoms with Crippen LogP contribution in [0.5, 0.6) is 0 Å². The molecule has 3 aromatic rings. The number of fused-ring (bicyclic) bond motifs is 1. The van der Waals surface area contributed by atoms with Crippen LogP contribution in [0.25, 0.3) is 6.08 Å². The van der Waals surface area contributed by atoms with Crippen LogP contribution in [0.15, 0.2) is 82.6 Å². The Hall–Kier alpha value is -3.35. The lowest BCUT2D eigenvalue weighted by molar-refractivity contribution is -0.114. The number of nitrogens with zero attached hydrogens (tertiary/aromatic N) is 1. The van der Waals surface area contributed by atoms with Gasteiger partial charge in [0.2, 0.25) is 0 Å². The molecule has 2 aliphatic rings. The van der Waals surface area contributed by atoms with Gasteiger partial charge in [0.05, 0.1) is 23.2 Å². The molecule has 1 N–H and O–H groups in total. The second kappa shape index (κ2) is 10.5. The van der Waals surface area contributed by atoms with Crippen LogP contribution in [0, 0.1) is 6.92 Å². The van der Waals surface area contributed by atoms with Gasteiger partial charge in [-0.15, -0.1) is 0 Å². The number of aryl methyl sites for hydroxylation is 1. The normalized spacial score (nSPS) is 18.5. The van der Waals surface area contributed by atoms with Crippen LogP contribution in [0.3, 0.4) is 0 Å². The Bertz CT molecular complexity index is 1260. The molecule has 0 spiro atoms. The van der Waals surface area contributed by atoms with Crippen molar-refractivity contribution in [1.29, 1.82) is 0 Å². The number of hydrogen-bond donors (Lipinski definition) is 1. The molecule has 178 valence electrons. The molecule has 1 fully saturated rings. The van der Waals surface area contributed by atoms with Gasteiger partial charge in [-0.05, 0) is 61.2 Å². The summed E-state index contributed by atoms with van der Waals surface area (Å²) < 4.78 is 5.57. The third-order valence-electron chi connectivity index (χ3n) is 6.24. The lowest BCUT2D eigenvalue weighted by Gasteiger charge is -2.30. The Morgan fingerprint density at radius 1 is 1.11 bits per heavy atom. The number of carbonyl (C=O) groups is 2. The highest BCUT2D eigenvalue weighted by Crippen LogP contribution is 2.42. The van der Waals surface area contributed by atoms with Crippen molar-refractivity contribution in [3.05, 3.63) is 100.0 Å². The van der Waals surface area contributed by atoms with E-state index in [1.165, 1.54) is 17.3 Å². The minimum Gasteiger partial charge on any atom is -0.376 e. The van der Waals surface area contributed by atoms with E-state index < -0.39 is 0 Å². The number of benzene rings is 3. The van der Waals surface area contributed by atoms with Crippen LogP contribution in [-0.2, 0) is 16.1 Å². The molecule has 1 atom stereocenters. The average Bonchev–Trinajstić information content (AvgIpc) is 3.39. The van der Waals surface area contributed by atoms with E-state index in [1.807, 2.05) is 53.4 Å². The largest absolute Gasteiger partial charge is 0.376 e. The maximum absolute atomic E-state index is 13.5. The molecule has 5 nitrogen and oxygen atoms in total. The molecule has 0 bridgehead atoms. The predicted octanol–water partition coefficient (Wildman–Crippen LogP) is 5.58. The lowest BCUT2D eigenvalue weighted by atomic mass is 10.1. The highest BCUT2D eigenvalue weighted by atomic mass is 32.2. The summed E-state index contributed by atoms with van der Waals surface area (Å²) in [6.07, 6.45) is 4.05. The van der Waals surface area contributed by atoms with Gasteiger partial charge >= 0.3 is 0 Å². The van der Waals surface area contributed by atoms with Gasteiger partial charge in [-0.3, -0.25) is 9.59 Å². The fourth-order valence-corrected chi connectivity index (χ4v) is 5.47. The topological polar surface area (TPSA) is 58.6 Å². The monoisotopic (exact) mass is 484 g/mol. The Labute approximate surface area is 210 Å². The summed E-state index contributed by atoms with van der Waals surface area (Å²) in [6.45, 7) is 3.88. The highest BCUT2D eigenvalue weighted by molar-refractivity contribution is 8.04. The van der Waals surface area contributed by atoms with Crippen molar-refractivity contribution in [2.75, 3.05) is 18.1 Å². The van der Waals surface area contributed by atoms with Crippen molar-refractivity contribution in [1.82, 2.24) is 5.32 Å². The first-order valence-corrected chi connectivity index (χ1v) is 12.7. The first-order chi connectivity index (χ1) is 17.1. The van der Waals surface area contributed by atoms with E-state index in [2.05, 4.69) is 30.4 Å². The van der Waals surface area contributed by atoms with Gasteiger partial charge in [-0.25, -0.2) is 0 Å². The van der Waals surface area contributed by atoms with Gasteiger partial charge in [-0.1, -0.05) is 65.9 Å². The van der Waals surface area contributed by atoms with E-state index in [0.717, 1.165) is 41.2 Å². The molecule has 0 unspecified atom stereocenters. The average molecular weight is 485 g/mol. The molecule has 0 aromatic heterocycles. The number of hydrogen-bond acceptors (Lipinski definition) is 4. The first kappa shape index (κ1) is 23.4. The Balaban J connectivity index is 1.34. The van der Waals surface area contributed by atoms with Gasteiger partial charge in [0.15, 0.2) is 0 Å². The zero-order chi connectivity index (χ0) is 24.2. The summed E-state index contributed by atoms with van der Waals surface area (Å²) in [6, 6.07) is 23.6. The summed E-state index contributed by atoms with van der Waals surface area (Å²) in [5.41, 5.74) is 4.67. The van der Waals surface area contributed by atoms with E-state index in [-0.39, 0.29) is 17.9 Å². The highest BCUT2D eigenvalue weighted by Gasteiger charge is 2.29. The number of anilines is 1. The molecular formula is C29H28N2O3S. The maximum Gasteiger partial charge on any atom is 0.265 e. The van der Waals surface area contributed by atoms with Crippen molar-refractivity contribution < 1.29 is 14.3 Å². The van der Waals surface area contributed by atoms with E-state index in [1.54, 1.807) is 12.1 Å². The standard InChI is InChI=1S/C29H28N2O3S/c1-20-6-4-7-22(16-20)19-31-25-9-2-3-10-26(25)35-27(29(31)33)17-21-11-13-23(14-12-21)28(32)30-18-24-8-5-15-34-24/h2-4,6-7,9-14,16-17,24H,5,8,15,18-19H2,1H3,(H,30,32)/b27-17+/t24-/m1/s1. The molecule has 0 radical (unpaired) electrons. The van der Waals surface area contributed by atoms with Crippen molar-refractivity contribution in [3.8, 4) is 0 Å². The SMILES string of the molecule is Cc1cccc(CN2C(=O)/C(=C\c3ccc(C(=O)NC[C@H]4CCCO4)cc3)Sc3ccccc32)c1. The van der Waals surface area contributed by atoms with Crippen LogP contribution in [0.1, 0.15) is 39.9 Å². The molecule has 6 heteroatoms. The molecule has 2 heterocycles. The number of amides is 2. The maximum atomic E-state index is 13.5. The molecule has 35 heavy (non-hydrogen) atoms. The fourth-order valence-electron chi connectivity index (χ4n) is 4.41. The van der Waals surface area contributed by atoms with Crippen molar-refractivity contribution >= 4 is 35.3 Å². The zero-order valence-corrected chi connectivity index (χ0v) is 20.5. The van der Waals surface area contributed by atoms with Crippen LogP contribution in [0.4, 0.5) is 5.69 Å². The van der Waals surface area contributed by atoms with E-state index in [4.69, 9.17) is 4.74 Å². The third kappa shape index (κ3) is 5.50. The first-order valence-electron chi connectivity index (χ1n) is 11.9. The molecule has 5 rings (SSSR count). The van der Waals surface area contributed by atoms with Gasteiger partial charge in [-0.2, -0.15) is 0 Å². The van der Waals surface area contributed by atoms with Gasteiger partial charge in [0.25, 0.3) is 11.8 Å². The van der Waals surface area contributed by atoms with Crippen molar-refractivity contribution in [3.63, 3.8) is 0 Å². The van der Waals surface area contributed by atoms with Gasteiger partial charge in [0, 0.05) is 23.6 Å². The van der Waals surface area contributed by atoms with Crippen molar-refractivity contribution in [2.45, 2.75) is 37.3 Å². The van der Waals surface area contributed by atoms with E-state index >= 15 is 0 Å². The second-order valence-electron chi connectivity index (χ2n) is 8.93. The summed E-state index contributed by atoms with van der Waals surface area (Å²) in [5.74, 6) is -0.130. The molecule has 0 saturated carbocycles. The predicted molar refractivity (Wildman–Crippen MR) is 140 cm³/mol. The molecular weight excluding hydrogens is 456 g/mol. The summed E-state index contributed by atoms with van der Waals surface area (Å²) in [4.78, 5) is 29.6. The Morgan fingerprint density at radius 3 is 2.71 bits per heavy atom. The van der Waals surface area contributed by atoms with Gasteiger partial charge in [0.1, 0.15) is 0 Å². The van der Waals surface area contributed by atoms with Gasteiger partial charge < -0.3 is 15.0 Å². The second-order valence-corrected chi connectivity index (χ2v) is 10.0. The Morgan fingerprint density at radius 2 is 1.94 bits per heavy atom. The summed E-state index contributed by atoms with van der Waals surface area (Å²) in [7, 11) is 0. The fraction of sp³-hybridized carbons (Fsp3) is 0.241. The molecule has 1 saturated heterocycles. The van der Waals surface area contributed by atoms with Crippen LogP contribution < -0.4 is 10.2 Å². The number of rotatable bonds is 6. The Kier molecular flexibility index (Phi) is 7.02. The van der Waals surface area contributed by atoms with Crippen molar-refractivity contribution in [2.24, 2.45) is 0 Å². The molecule has 3 aromatic carbocycles. The number of carbonyl (C=O) groups excluding carboxylic acids is 2. The number of ether oxygens (including phenoxy) is 1. The molecule has 2 amide bonds. The minimum atomic E-state index is -0.110. The number of para-hydroxylation sites is 1. The van der Waals surface area contributed by atoms with Crippen LogP contribution >= 0.6 is 11.8 Å². The summed E-state index contributed by atoms with van der Waals surface area (Å²) >= 11 is 1.49. The minimum absolute atomic E-state index is 0.0198. The van der Waals surface area contributed by atoms with E-state index in [9.17, 15) is 9.59 Å². The molecule has 2 aliphatic heterocycles. The smallest absolute Gasteiger partial charge is 0.265 e. The lowest BCUT2D eigenvalue weighted by Crippen LogP contribution is -2.33. The molecule has 0 aliphatic carbocycles. The zero-order valence-electron chi connectivity index (χ0n) is 19.7. The number of nitrogens with one attached hydrogen (secondary N) is 1. The van der Waals surface area contributed by atoms with E-state index in [0.29, 0.717) is 23.6 Å². The summed E-state index contributed by atoms with van der Waals surface area (Å²) in [5, 5.41) is 2.95. The van der Waals surface area contributed by atoms with Crippen LogP contribution in [-0.4, -0.2) is 31.1 Å². The third-order valence-corrected chi connectivity index (χ3v) is 7.32. The number of thioether (sulfide) groups is 1.